The highest BCUT2D eigenvalue weighted by molar-refractivity contribution is 6.22. The van der Waals surface area contributed by atoms with Gasteiger partial charge in [0.1, 0.15) is 11.2 Å². The highest BCUT2D eigenvalue weighted by atomic mass is 16.3. The van der Waals surface area contributed by atoms with E-state index in [0.29, 0.717) is 0 Å². The van der Waals surface area contributed by atoms with Gasteiger partial charge in [0.15, 0.2) is 0 Å². The molecule has 0 unspecified atom stereocenters. The number of anilines is 3. The van der Waals surface area contributed by atoms with Gasteiger partial charge >= 0.3 is 0 Å². The summed E-state index contributed by atoms with van der Waals surface area (Å²) in [6.45, 7) is 0. The molecule has 1 aromatic heterocycles. The first-order valence-corrected chi connectivity index (χ1v) is 21.9. The van der Waals surface area contributed by atoms with Crippen molar-refractivity contribution < 1.29 is 4.42 Å². The molecule has 0 aliphatic rings. The largest absolute Gasteiger partial charge is 0.455 e. The molecule has 1 heterocycles. The molecule has 0 atom stereocenters. The summed E-state index contributed by atoms with van der Waals surface area (Å²) >= 11 is 0. The molecule has 0 aliphatic carbocycles. The quantitative estimate of drug-likeness (QED) is 0.142. The van der Waals surface area contributed by atoms with Crippen LogP contribution in [0.15, 0.2) is 253 Å². The minimum atomic E-state index is 0.891. The Morgan fingerprint density at radius 1 is 0.250 bits per heavy atom. The van der Waals surface area contributed by atoms with Crippen LogP contribution in [0.25, 0.3) is 99.1 Å². The third-order valence-corrected chi connectivity index (χ3v) is 12.6. The Morgan fingerprint density at radius 2 is 0.734 bits per heavy atom. The number of benzene rings is 11. The molecule has 11 aromatic carbocycles. The molecule has 12 rings (SSSR count). The molecule has 300 valence electrons. The molecule has 12 aromatic rings. The molecule has 0 radical (unpaired) electrons. The monoisotopic (exact) mass is 815 g/mol. The number of furan rings is 1. The van der Waals surface area contributed by atoms with Gasteiger partial charge in [0.05, 0.1) is 0 Å². The molecular weight excluding hydrogens is 775 g/mol. The van der Waals surface area contributed by atoms with Gasteiger partial charge in [-0.1, -0.05) is 206 Å². The molecule has 0 fully saturated rings. The Bertz CT molecular complexity index is 3650. The Morgan fingerprint density at radius 3 is 1.44 bits per heavy atom. The topological polar surface area (TPSA) is 16.4 Å². The summed E-state index contributed by atoms with van der Waals surface area (Å²) in [5.41, 5.74) is 16.6. The molecule has 0 spiro atoms. The van der Waals surface area contributed by atoms with E-state index in [1.807, 2.05) is 6.07 Å². The van der Waals surface area contributed by atoms with Crippen LogP contribution in [0.1, 0.15) is 0 Å². The Balaban J connectivity index is 1.14. The van der Waals surface area contributed by atoms with E-state index in [0.717, 1.165) is 55.7 Å². The summed E-state index contributed by atoms with van der Waals surface area (Å²) in [4.78, 5) is 2.43. The predicted octanol–water partition coefficient (Wildman–Crippen LogP) is 17.7. The first-order valence-electron chi connectivity index (χ1n) is 21.9. The lowest BCUT2D eigenvalue weighted by Crippen LogP contribution is -2.10. The minimum absolute atomic E-state index is 0.891. The fraction of sp³-hybridized carbons (Fsp3) is 0. The van der Waals surface area contributed by atoms with Gasteiger partial charge in [-0.2, -0.15) is 0 Å². The smallest absolute Gasteiger partial charge is 0.143 e. The molecular formula is C62H41NO. The average molecular weight is 816 g/mol. The van der Waals surface area contributed by atoms with Crippen molar-refractivity contribution in [3.8, 4) is 55.6 Å². The number of para-hydroxylation sites is 2. The maximum atomic E-state index is 6.60. The maximum Gasteiger partial charge on any atom is 0.143 e. The van der Waals surface area contributed by atoms with Gasteiger partial charge in [-0.25, -0.2) is 0 Å². The Hall–Kier alpha value is -8.46. The molecule has 2 heteroatoms. The van der Waals surface area contributed by atoms with Crippen molar-refractivity contribution in [2.75, 3.05) is 4.90 Å². The second-order valence-corrected chi connectivity index (χ2v) is 16.4. The molecule has 64 heavy (non-hydrogen) atoms. The first-order chi connectivity index (χ1) is 31.8. The summed E-state index contributed by atoms with van der Waals surface area (Å²) in [5, 5.41) is 7.11. The predicted molar refractivity (Wildman–Crippen MR) is 271 cm³/mol. The number of hydrogen-bond acceptors (Lipinski definition) is 2. The van der Waals surface area contributed by atoms with E-state index in [2.05, 4.69) is 248 Å². The van der Waals surface area contributed by atoms with Crippen LogP contribution < -0.4 is 4.90 Å². The van der Waals surface area contributed by atoms with Crippen LogP contribution in [0.2, 0.25) is 0 Å². The highest BCUT2D eigenvalue weighted by Crippen LogP contribution is 2.48. The maximum absolute atomic E-state index is 6.60. The number of nitrogens with zero attached hydrogens (tertiary/aromatic N) is 1. The Labute approximate surface area is 372 Å². The third kappa shape index (κ3) is 6.44. The van der Waals surface area contributed by atoms with E-state index < -0.39 is 0 Å². The number of fused-ring (bicyclic) bond motifs is 6. The normalized spacial score (nSPS) is 11.4. The molecule has 2 nitrogen and oxygen atoms in total. The van der Waals surface area contributed by atoms with Gasteiger partial charge in [0.2, 0.25) is 0 Å². The highest BCUT2D eigenvalue weighted by Gasteiger charge is 2.22. The van der Waals surface area contributed by atoms with Gasteiger partial charge in [0.25, 0.3) is 0 Å². The summed E-state index contributed by atoms with van der Waals surface area (Å²) in [5.74, 6) is 0. The molecule has 0 saturated carbocycles. The zero-order valence-corrected chi connectivity index (χ0v) is 35.0. The summed E-state index contributed by atoms with van der Waals surface area (Å²) in [6.07, 6.45) is 0. The first kappa shape index (κ1) is 37.3. The SMILES string of the molecule is c1ccc(-c2ccc(N(c3cccc(-c4cccc5c4oc4ccccc45)c3)c3ccc4c(c3)c(-c3ccccc3)c(-c3ccccc3)c3ccccc34)cc2-c2ccccc2)cc1. The van der Waals surface area contributed by atoms with Gasteiger partial charge in [-0.05, 0) is 114 Å². The van der Waals surface area contributed by atoms with Crippen molar-refractivity contribution in [1.29, 1.82) is 0 Å². The van der Waals surface area contributed by atoms with Gasteiger partial charge < -0.3 is 9.32 Å². The van der Waals surface area contributed by atoms with E-state index in [1.54, 1.807) is 0 Å². The fourth-order valence-corrected chi connectivity index (χ4v) is 9.76. The molecule has 0 amide bonds. The van der Waals surface area contributed by atoms with Crippen molar-refractivity contribution >= 4 is 60.5 Å². The van der Waals surface area contributed by atoms with Crippen molar-refractivity contribution in [2.24, 2.45) is 0 Å². The molecule has 0 bridgehead atoms. The van der Waals surface area contributed by atoms with E-state index >= 15 is 0 Å². The molecule has 0 N–H and O–H groups in total. The lowest BCUT2D eigenvalue weighted by Gasteiger charge is -2.28. The van der Waals surface area contributed by atoms with Crippen LogP contribution in [0.4, 0.5) is 17.1 Å². The van der Waals surface area contributed by atoms with Gasteiger partial charge in [-0.15, -0.1) is 0 Å². The minimum Gasteiger partial charge on any atom is -0.455 e. The Kier molecular flexibility index (Phi) is 9.20. The van der Waals surface area contributed by atoms with Crippen LogP contribution in [0.5, 0.6) is 0 Å². The second-order valence-electron chi connectivity index (χ2n) is 16.4. The molecule has 0 aliphatic heterocycles. The third-order valence-electron chi connectivity index (χ3n) is 12.6. The zero-order valence-electron chi connectivity index (χ0n) is 35.0. The average Bonchev–Trinajstić information content (AvgIpc) is 3.76. The van der Waals surface area contributed by atoms with E-state index in [-0.39, 0.29) is 0 Å². The van der Waals surface area contributed by atoms with Gasteiger partial charge in [-0.3, -0.25) is 0 Å². The summed E-state index contributed by atoms with van der Waals surface area (Å²) in [7, 11) is 0. The second kappa shape index (κ2) is 15.8. The number of hydrogen-bond donors (Lipinski definition) is 0. The van der Waals surface area contributed by atoms with E-state index in [4.69, 9.17) is 4.42 Å². The van der Waals surface area contributed by atoms with Crippen LogP contribution in [0.3, 0.4) is 0 Å². The van der Waals surface area contributed by atoms with Crippen molar-refractivity contribution in [1.82, 2.24) is 0 Å². The van der Waals surface area contributed by atoms with Crippen molar-refractivity contribution in [3.63, 3.8) is 0 Å². The zero-order chi connectivity index (χ0) is 42.4. The van der Waals surface area contributed by atoms with Crippen molar-refractivity contribution in [3.05, 3.63) is 249 Å². The van der Waals surface area contributed by atoms with E-state index in [9.17, 15) is 0 Å². The van der Waals surface area contributed by atoms with Crippen LogP contribution >= 0.6 is 0 Å². The van der Waals surface area contributed by atoms with Gasteiger partial charge in [0, 0.05) is 33.4 Å². The fourth-order valence-electron chi connectivity index (χ4n) is 9.76. The van der Waals surface area contributed by atoms with Crippen molar-refractivity contribution in [2.45, 2.75) is 0 Å². The lowest BCUT2D eigenvalue weighted by atomic mass is 9.85. The van der Waals surface area contributed by atoms with E-state index in [1.165, 1.54) is 60.5 Å². The molecule has 0 saturated heterocycles. The van der Waals surface area contributed by atoms with Crippen LogP contribution in [-0.4, -0.2) is 0 Å². The summed E-state index contributed by atoms with van der Waals surface area (Å²) < 4.78 is 6.60. The van der Waals surface area contributed by atoms with Crippen LogP contribution in [-0.2, 0) is 0 Å². The summed E-state index contributed by atoms with van der Waals surface area (Å²) in [6, 6.07) is 89.8. The standard InChI is InChI=1S/C62H41NO/c1-5-19-42(20-6-1)50-37-35-48(40-57(50)43-21-7-2-8-22-43)63(47-28-17-27-46(39-47)51-32-18-33-56-54-30-15-16-34-59(54)64-62(51)56)49-36-38-53-52-29-13-14-31-55(52)60(44-23-9-3-10-24-44)61(58(53)41-49)45-25-11-4-12-26-45/h1-41H. The lowest BCUT2D eigenvalue weighted by molar-refractivity contribution is 0.670. The van der Waals surface area contributed by atoms with Crippen LogP contribution in [0, 0.1) is 0 Å². The number of rotatable bonds is 8.